The van der Waals surface area contributed by atoms with Crippen molar-refractivity contribution in [2.75, 3.05) is 20.1 Å². The molecule has 0 bridgehead atoms. The third-order valence-electron chi connectivity index (χ3n) is 3.13. The van der Waals surface area contributed by atoms with Gasteiger partial charge in [-0.05, 0) is 38.6 Å². The zero-order valence-electron chi connectivity index (χ0n) is 9.41. The second-order valence-electron chi connectivity index (χ2n) is 4.35. The van der Waals surface area contributed by atoms with E-state index in [2.05, 4.69) is 17.3 Å². The molecule has 0 aliphatic carbocycles. The van der Waals surface area contributed by atoms with Gasteiger partial charge in [0, 0.05) is 12.6 Å². The van der Waals surface area contributed by atoms with Crippen molar-refractivity contribution in [1.29, 1.82) is 0 Å². The van der Waals surface area contributed by atoms with Crippen LogP contribution < -0.4 is 5.32 Å². The molecule has 3 heteroatoms. The summed E-state index contributed by atoms with van der Waals surface area (Å²) in [6.07, 6.45) is 5.68. The molecule has 1 unspecified atom stereocenters. The van der Waals surface area contributed by atoms with Crippen molar-refractivity contribution in [1.82, 2.24) is 10.2 Å². The lowest BCUT2D eigenvalue weighted by Gasteiger charge is -2.25. The molecule has 0 aromatic carbocycles. The first-order valence-electron chi connectivity index (χ1n) is 5.79. The summed E-state index contributed by atoms with van der Waals surface area (Å²) in [6, 6.07) is 4.65. The number of nitrogens with one attached hydrogen (secondary N) is 1. The first-order chi connectivity index (χ1) is 7.36. The smallest absolute Gasteiger partial charge is 0.117 e. The summed E-state index contributed by atoms with van der Waals surface area (Å²) in [5.41, 5.74) is 0. The zero-order valence-corrected chi connectivity index (χ0v) is 9.41. The Balaban J connectivity index is 1.86. The Morgan fingerprint density at radius 2 is 2.47 bits per heavy atom. The summed E-state index contributed by atoms with van der Waals surface area (Å²) in [5, 5.41) is 3.49. The van der Waals surface area contributed by atoms with E-state index in [1.165, 1.54) is 25.8 Å². The maximum atomic E-state index is 5.36. The molecular formula is C12H20N2O. The predicted octanol–water partition coefficient (Wildman–Crippen LogP) is 1.85. The van der Waals surface area contributed by atoms with Crippen molar-refractivity contribution in [2.24, 2.45) is 0 Å². The van der Waals surface area contributed by atoms with Crippen molar-refractivity contribution >= 4 is 0 Å². The predicted molar refractivity (Wildman–Crippen MR) is 60.7 cm³/mol. The molecule has 0 spiro atoms. The van der Waals surface area contributed by atoms with Crippen molar-refractivity contribution in [2.45, 2.75) is 31.8 Å². The van der Waals surface area contributed by atoms with Crippen LogP contribution in [-0.4, -0.2) is 31.1 Å². The average molecular weight is 208 g/mol. The van der Waals surface area contributed by atoms with Crippen LogP contribution in [0.5, 0.6) is 0 Å². The molecule has 1 aliphatic heterocycles. The highest BCUT2D eigenvalue weighted by Gasteiger charge is 2.17. The van der Waals surface area contributed by atoms with Crippen LogP contribution in [0.25, 0.3) is 0 Å². The van der Waals surface area contributed by atoms with E-state index in [1.807, 2.05) is 12.1 Å². The lowest BCUT2D eigenvalue weighted by Crippen LogP contribution is -2.38. The lowest BCUT2D eigenvalue weighted by atomic mass is 10.1. The quantitative estimate of drug-likeness (QED) is 0.821. The normalized spacial score (nSPS) is 22.9. The first-order valence-corrected chi connectivity index (χ1v) is 5.79. The van der Waals surface area contributed by atoms with Gasteiger partial charge in [-0.2, -0.15) is 0 Å². The summed E-state index contributed by atoms with van der Waals surface area (Å²) in [5.74, 6) is 1.06. The number of hydrogen-bond donors (Lipinski definition) is 1. The van der Waals surface area contributed by atoms with Gasteiger partial charge in [0.05, 0.1) is 12.8 Å². The van der Waals surface area contributed by atoms with Crippen LogP contribution in [0.4, 0.5) is 0 Å². The van der Waals surface area contributed by atoms with Crippen molar-refractivity contribution in [3.05, 3.63) is 24.2 Å². The molecule has 2 rings (SSSR count). The molecule has 2 heterocycles. The van der Waals surface area contributed by atoms with Crippen LogP contribution in [0.15, 0.2) is 22.8 Å². The largest absolute Gasteiger partial charge is 0.468 e. The van der Waals surface area contributed by atoms with Crippen LogP contribution in [0.3, 0.4) is 0 Å². The second-order valence-corrected chi connectivity index (χ2v) is 4.35. The van der Waals surface area contributed by atoms with Gasteiger partial charge in [0.25, 0.3) is 0 Å². The minimum atomic E-state index is 0.651. The topological polar surface area (TPSA) is 28.4 Å². The van der Waals surface area contributed by atoms with Crippen LogP contribution in [0.1, 0.15) is 25.0 Å². The summed E-state index contributed by atoms with van der Waals surface area (Å²) < 4.78 is 5.36. The Bertz CT molecular complexity index is 263. The van der Waals surface area contributed by atoms with Crippen LogP contribution in [0.2, 0.25) is 0 Å². The number of likely N-dealkylation sites (N-methyl/N-ethyl adjacent to an activating group) is 1. The van der Waals surface area contributed by atoms with Crippen LogP contribution in [0, 0.1) is 0 Å². The van der Waals surface area contributed by atoms with Gasteiger partial charge in [-0.1, -0.05) is 6.42 Å². The monoisotopic (exact) mass is 208 g/mol. The summed E-state index contributed by atoms with van der Waals surface area (Å²) in [7, 11) is 2.18. The highest BCUT2D eigenvalue weighted by molar-refractivity contribution is 4.98. The number of furan rings is 1. The Kier molecular flexibility index (Phi) is 3.80. The van der Waals surface area contributed by atoms with E-state index >= 15 is 0 Å². The van der Waals surface area contributed by atoms with Crippen LogP contribution >= 0.6 is 0 Å². The Labute approximate surface area is 91.4 Å². The Hall–Kier alpha value is -0.800. The van der Waals surface area contributed by atoms with E-state index in [4.69, 9.17) is 4.42 Å². The Morgan fingerprint density at radius 1 is 1.53 bits per heavy atom. The fraction of sp³-hybridized carbons (Fsp3) is 0.667. The summed E-state index contributed by atoms with van der Waals surface area (Å²) >= 11 is 0. The Morgan fingerprint density at radius 3 is 3.27 bits per heavy atom. The lowest BCUT2D eigenvalue weighted by molar-refractivity contribution is 0.207. The maximum absolute atomic E-state index is 5.36. The number of hydrogen-bond acceptors (Lipinski definition) is 3. The summed E-state index contributed by atoms with van der Waals surface area (Å²) in [6.45, 7) is 3.20. The van der Waals surface area contributed by atoms with E-state index in [-0.39, 0.29) is 0 Å². The van der Waals surface area contributed by atoms with Crippen LogP contribution in [-0.2, 0) is 6.54 Å². The van der Waals surface area contributed by atoms with E-state index in [9.17, 15) is 0 Å². The van der Waals surface area contributed by atoms with Crippen molar-refractivity contribution < 1.29 is 4.42 Å². The highest BCUT2D eigenvalue weighted by Crippen LogP contribution is 2.13. The van der Waals surface area contributed by atoms with E-state index in [0.29, 0.717) is 6.04 Å². The molecule has 1 aliphatic rings. The molecule has 1 fully saturated rings. The number of rotatable bonds is 3. The SMILES string of the molecule is CN(Cc1ccco1)C1CCCCNC1. The van der Waals surface area contributed by atoms with Gasteiger partial charge >= 0.3 is 0 Å². The van der Waals surface area contributed by atoms with E-state index in [0.717, 1.165) is 18.8 Å². The fourth-order valence-corrected chi connectivity index (χ4v) is 2.15. The standard InChI is InChI=1S/C12H20N2O/c1-14(10-12-6-4-8-15-12)11-5-2-3-7-13-9-11/h4,6,8,11,13H,2-3,5,7,9-10H2,1H3. The molecule has 1 saturated heterocycles. The van der Waals surface area contributed by atoms with Gasteiger partial charge in [-0.15, -0.1) is 0 Å². The van der Waals surface area contributed by atoms with Gasteiger partial charge in [0.1, 0.15) is 5.76 Å². The van der Waals surface area contributed by atoms with Crippen molar-refractivity contribution in [3.8, 4) is 0 Å². The van der Waals surface area contributed by atoms with E-state index in [1.54, 1.807) is 6.26 Å². The van der Waals surface area contributed by atoms with Crippen molar-refractivity contribution in [3.63, 3.8) is 0 Å². The molecule has 0 amide bonds. The van der Waals surface area contributed by atoms with Gasteiger partial charge in [-0.3, -0.25) is 4.90 Å². The maximum Gasteiger partial charge on any atom is 0.117 e. The fourth-order valence-electron chi connectivity index (χ4n) is 2.15. The molecule has 1 aromatic rings. The van der Waals surface area contributed by atoms with Gasteiger partial charge < -0.3 is 9.73 Å². The van der Waals surface area contributed by atoms with E-state index < -0.39 is 0 Å². The van der Waals surface area contributed by atoms with Gasteiger partial charge in [0.15, 0.2) is 0 Å². The summed E-state index contributed by atoms with van der Waals surface area (Å²) in [4.78, 5) is 2.39. The molecule has 0 saturated carbocycles. The zero-order chi connectivity index (χ0) is 10.5. The minimum Gasteiger partial charge on any atom is -0.468 e. The second kappa shape index (κ2) is 5.33. The molecular weight excluding hydrogens is 188 g/mol. The molecule has 3 nitrogen and oxygen atoms in total. The minimum absolute atomic E-state index is 0.651. The number of nitrogens with zero attached hydrogens (tertiary/aromatic N) is 1. The third kappa shape index (κ3) is 3.08. The molecule has 84 valence electrons. The van der Waals surface area contributed by atoms with Gasteiger partial charge in [0.2, 0.25) is 0 Å². The molecule has 1 N–H and O–H groups in total. The highest BCUT2D eigenvalue weighted by atomic mass is 16.3. The van der Waals surface area contributed by atoms with Gasteiger partial charge in [-0.25, -0.2) is 0 Å². The molecule has 15 heavy (non-hydrogen) atoms. The first kappa shape index (κ1) is 10.7. The molecule has 0 radical (unpaired) electrons. The molecule has 1 aromatic heterocycles. The molecule has 1 atom stereocenters. The average Bonchev–Trinajstić information content (AvgIpc) is 2.58. The third-order valence-corrected chi connectivity index (χ3v) is 3.13.